The number of amides is 1. The minimum Gasteiger partial charge on any atom is -0.480 e. The number of rotatable bonds is 7. The van der Waals surface area contributed by atoms with Crippen LogP contribution in [0.25, 0.3) is 11.3 Å². The third-order valence-corrected chi connectivity index (χ3v) is 3.19. The molecule has 23 heavy (non-hydrogen) atoms. The number of aliphatic carboxylic acids is 1. The Balaban J connectivity index is 1.94. The van der Waals surface area contributed by atoms with Crippen LogP contribution in [0.3, 0.4) is 0 Å². The molecule has 0 radical (unpaired) electrons. The van der Waals surface area contributed by atoms with E-state index in [-0.39, 0.29) is 12.8 Å². The van der Waals surface area contributed by atoms with E-state index in [0.717, 1.165) is 0 Å². The Morgan fingerprint density at radius 3 is 2.61 bits per heavy atom. The number of hydrogen-bond donors (Lipinski definition) is 2. The molecule has 0 aliphatic heterocycles. The van der Waals surface area contributed by atoms with Gasteiger partial charge in [-0.25, -0.2) is 13.6 Å². The lowest BCUT2D eigenvalue weighted by molar-refractivity contribution is -0.142. The highest BCUT2D eigenvalue weighted by molar-refractivity contribution is 5.83. The summed E-state index contributed by atoms with van der Waals surface area (Å²) in [6, 6.07) is 7.78. The number of carbonyl (C=O) groups excluding carboxylic acids is 1. The van der Waals surface area contributed by atoms with E-state index in [9.17, 15) is 18.4 Å². The first-order chi connectivity index (χ1) is 11.0. The molecule has 1 aromatic carbocycles. The molecule has 1 unspecified atom stereocenters. The number of halogens is 2. The molecule has 2 N–H and O–H groups in total. The van der Waals surface area contributed by atoms with E-state index in [4.69, 9.17) is 9.52 Å². The number of carboxylic acids is 1. The zero-order chi connectivity index (χ0) is 16.8. The predicted octanol–water partition coefficient (Wildman–Crippen LogP) is 2.56. The number of nitrogens with one attached hydrogen (secondary N) is 1. The maximum atomic E-state index is 13.6. The van der Waals surface area contributed by atoms with Gasteiger partial charge in [0.05, 0.1) is 5.56 Å². The molecule has 0 aliphatic carbocycles. The highest BCUT2D eigenvalue weighted by Gasteiger charge is 2.19. The standard InChI is InChI=1S/C16H15F2NO4/c17-9-13(16(21)22)19-15(20)8-6-10-5-7-14(23-10)11-3-1-2-4-12(11)18/h1-5,7,13H,6,8-9H2,(H,19,20)(H,21,22). The maximum absolute atomic E-state index is 13.6. The van der Waals surface area contributed by atoms with Crippen LogP contribution in [0.2, 0.25) is 0 Å². The van der Waals surface area contributed by atoms with Gasteiger partial charge in [0.15, 0.2) is 6.04 Å². The van der Waals surface area contributed by atoms with Crippen LogP contribution in [0.4, 0.5) is 8.78 Å². The van der Waals surface area contributed by atoms with Crippen LogP contribution in [0.15, 0.2) is 40.8 Å². The van der Waals surface area contributed by atoms with Crippen molar-refractivity contribution in [3.05, 3.63) is 48.0 Å². The van der Waals surface area contributed by atoms with Crippen molar-refractivity contribution in [2.75, 3.05) is 6.67 Å². The highest BCUT2D eigenvalue weighted by Crippen LogP contribution is 2.25. The average Bonchev–Trinajstić information content (AvgIpc) is 2.99. The molecule has 1 atom stereocenters. The van der Waals surface area contributed by atoms with Gasteiger partial charge in [0.1, 0.15) is 24.0 Å². The molecule has 5 nitrogen and oxygen atoms in total. The topological polar surface area (TPSA) is 79.5 Å². The average molecular weight is 323 g/mol. The largest absolute Gasteiger partial charge is 0.480 e. The third-order valence-electron chi connectivity index (χ3n) is 3.19. The quantitative estimate of drug-likeness (QED) is 0.821. The third kappa shape index (κ3) is 4.38. The summed E-state index contributed by atoms with van der Waals surface area (Å²) < 4.78 is 31.5. The normalized spacial score (nSPS) is 11.9. The number of carboxylic acid groups (broad SMARTS) is 1. The molecule has 0 aliphatic rings. The second-order valence-corrected chi connectivity index (χ2v) is 4.86. The smallest absolute Gasteiger partial charge is 0.328 e. The van der Waals surface area contributed by atoms with Gasteiger partial charge in [-0.15, -0.1) is 0 Å². The molecule has 7 heteroatoms. The van der Waals surface area contributed by atoms with Crippen LogP contribution in [0.1, 0.15) is 12.2 Å². The first kappa shape index (κ1) is 16.7. The summed E-state index contributed by atoms with van der Waals surface area (Å²) in [5, 5.41) is 10.7. The summed E-state index contributed by atoms with van der Waals surface area (Å²) >= 11 is 0. The van der Waals surface area contributed by atoms with Gasteiger partial charge >= 0.3 is 5.97 Å². The van der Waals surface area contributed by atoms with Crippen LogP contribution in [0, 0.1) is 5.82 Å². The van der Waals surface area contributed by atoms with E-state index >= 15 is 0 Å². The molecule has 0 fully saturated rings. The van der Waals surface area contributed by atoms with E-state index in [0.29, 0.717) is 17.1 Å². The molecule has 0 spiro atoms. The van der Waals surface area contributed by atoms with E-state index in [2.05, 4.69) is 5.32 Å². The van der Waals surface area contributed by atoms with E-state index in [1.165, 1.54) is 6.07 Å². The van der Waals surface area contributed by atoms with Crippen molar-refractivity contribution in [1.29, 1.82) is 0 Å². The van der Waals surface area contributed by atoms with Gasteiger partial charge in [-0.1, -0.05) is 12.1 Å². The second kappa shape index (κ2) is 7.53. The van der Waals surface area contributed by atoms with Crippen LogP contribution in [0.5, 0.6) is 0 Å². The minimum absolute atomic E-state index is 0.0615. The van der Waals surface area contributed by atoms with Crippen LogP contribution < -0.4 is 5.32 Å². The number of alkyl halides is 1. The van der Waals surface area contributed by atoms with Crippen molar-refractivity contribution in [2.24, 2.45) is 0 Å². The Hall–Kier alpha value is -2.70. The molecule has 2 rings (SSSR count). The Bertz CT molecular complexity index is 699. The molecule has 1 heterocycles. The predicted molar refractivity (Wildman–Crippen MR) is 78.0 cm³/mol. The summed E-state index contributed by atoms with van der Waals surface area (Å²) in [5.41, 5.74) is 0.312. The van der Waals surface area contributed by atoms with Gasteiger partial charge < -0.3 is 14.8 Å². The molecule has 122 valence electrons. The Labute approximate surface area is 130 Å². The Kier molecular flexibility index (Phi) is 5.46. The van der Waals surface area contributed by atoms with E-state index < -0.39 is 30.4 Å². The molecule has 0 saturated carbocycles. The van der Waals surface area contributed by atoms with Gasteiger partial charge in [-0.2, -0.15) is 0 Å². The fraction of sp³-hybridized carbons (Fsp3) is 0.250. The van der Waals surface area contributed by atoms with Gasteiger partial charge in [0.25, 0.3) is 0 Å². The number of hydrogen-bond acceptors (Lipinski definition) is 3. The zero-order valence-electron chi connectivity index (χ0n) is 12.1. The molecule has 1 aromatic heterocycles. The summed E-state index contributed by atoms with van der Waals surface area (Å²) in [7, 11) is 0. The molecule has 0 bridgehead atoms. The van der Waals surface area contributed by atoms with Crippen molar-refractivity contribution in [3.8, 4) is 11.3 Å². The first-order valence-corrected chi connectivity index (χ1v) is 6.93. The van der Waals surface area contributed by atoms with Crippen molar-refractivity contribution < 1.29 is 27.9 Å². The first-order valence-electron chi connectivity index (χ1n) is 6.93. The van der Waals surface area contributed by atoms with Crippen LogP contribution >= 0.6 is 0 Å². The highest BCUT2D eigenvalue weighted by atomic mass is 19.1. The van der Waals surface area contributed by atoms with E-state index in [1.807, 2.05) is 0 Å². The van der Waals surface area contributed by atoms with Crippen molar-refractivity contribution >= 4 is 11.9 Å². The molecular weight excluding hydrogens is 308 g/mol. The fourth-order valence-corrected chi connectivity index (χ4v) is 1.99. The van der Waals surface area contributed by atoms with Gasteiger partial charge in [0.2, 0.25) is 5.91 Å². The molecular formula is C16H15F2NO4. The monoisotopic (exact) mass is 323 g/mol. The summed E-state index contributed by atoms with van der Waals surface area (Å²) in [5.74, 6) is -1.66. The Morgan fingerprint density at radius 2 is 1.96 bits per heavy atom. The number of carbonyl (C=O) groups is 2. The SMILES string of the molecule is O=C(CCc1ccc(-c2ccccc2F)o1)NC(CF)C(=O)O. The van der Waals surface area contributed by atoms with Gasteiger partial charge in [-0.3, -0.25) is 4.79 Å². The number of aryl methyl sites for hydroxylation is 1. The molecule has 2 aromatic rings. The second-order valence-electron chi connectivity index (χ2n) is 4.86. The Morgan fingerprint density at radius 1 is 1.22 bits per heavy atom. The van der Waals surface area contributed by atoms with Gasteiger partial charge in [0, 0.05) is 12.8 Å². The lowest BCUT2D eigenvalue weighted by Crippen LogP contribution is -2.42. The zero-order valence-corrected chi connectivity index (χ0v) is 12.1. The molecule has 0 saturated heterocycles. The minimum atomic E-state index is -1.55. The summed E-state index contributed by atoms with van der Waals surface area (Å²) in [4.78, 5) is 22.2. The fourth-order valence-electron chi connectivity index (χ4n) is 1.99. The lowest BCUT2D eigenvalue weighted by atomic mass is 10.1. The number of furan rings is 1. The van der Waals surface area contributed by atoms with Crippen molar-refractivity contribution in [1.82, 2.24) is 5.32 Å². The number of benzene rings is 1. The van der Waals surface area contributed by atoms with Crippen LogP contribution in [-0.2, 0) is 16.0 Å². The molecule has 1 amide bonds. The summed E-state index contributed by atoms with van der Waals surface area (Å²) in [6.07, 6.45) is 0.132. The lowest BCUT2D eigenvalue weighted by Gasteiger charge is -2.09. The van der Waals surface area contributed by atoms with E-state index in [1.54, 1.807) is 30.3 Å². The summed E-state index contributed by atoms with van der Waals surface area (Å²) in [6.45, 7) is -1.18. The van der Waals surface area contributed by atoms with Crippen LogP contribution in [-0.4, -0.2) is 29.7 Å². The van der Waals surface area contributed by atoms with Gasteiger partial charge in [-0.05, 0) is 24.3 Å². The maximum Gasteiger partial charge on any atom is 0.328 e. The van der Waals surface area contributed by atoms with Crippen molar-refractivity contribution in [3.63, 3.8) is 0 Å². The van der Waals surface area contributed by atoms with Crippen molar-refractivity contribution in [2.45, 2.75) is 18.9 Å².